The van der Waals surface area contributed by atoms with Gasteiger partial charge in [0.2, 0.25) is 11.8 Å². The number of nitrogen functional groups attached to an aromatic ring is 1. The molecule has 0 bridgehead atoms. The maximum absolute atomic E-state index is 16.9. The predicted octanol–water partition coefficient (Wildman–Crippen LogP) is 6.02. The molecule has 3 saturated heterocycles. The van der Waals surface area contributed by atoms with Gasteiger partial charge in [0.05, 0.1) is 26.2 Å². The molecule has 2 saturated carbocycles. The van der Waals surface area contributed by atoms with Crippen molar-refractivity contribution in [1.29, 1.82) is 5.26 Å². The molecule has 5 heterocycles. The lowest BCUT2D eigenvalue weighted by Gasteiger charge is -2.30. The van der Waals surface area contributed by atoms with E-state index in [-0.39, 0.29) is 96.3 Å². The lowest BCUT2D eigenvalue weighted by molar-refractivity contribution is -0.121. The second-order valence-corrected chi connectivity index (χ2v) is 16.1. The van der Waals surface area contributed by atoms with Crippen LogP contribution in [0.5, 0.6) is 11.9 Å². The Balaban J connectivity index is 1.07. The number of nitrogens with zero attached hydrogens (tertiary/aromatic N) is 4. The third-order valence-electron chi connectivity index (χ3n) is 11.3. The van der Waals surface area contributed by atoms with Gasteiger partial charge in [-0.25, -0.2) is 13.2 Å². The number of thiophene rings is 1. The summed E-state index contributed by atoms with van der Waals surface area (Å²) in [6, 6.07) is 5.99. The van der Waals surface area contributed by atoms with Gasteiger partial charge in [0.15, 0.2) is 5.82 Å². The molecule has 15 heteroatoms. The van der Waals surface area contributed by atoms with E-state index in [9.17, 15) is 18.8 Å². The Morgan fingerprint density at radius 2 is 2.10 bits per heavy atom. The van der Waals surface area contributed by atoms with Gasteiger partial charge < -0.3 is 20.5 Å². The van der Waals surface area contributed by atoms with E-state index in [0.717, 1.165) is 30.7 Å². The largest absolute Gasteiger partial charge is 0.474 e. The zero-order valence-corrected chi connectivity index (χ0v) is 29.1. The highest BCUT2D eigenvalue weighted by Crippen LogP contribution is 2.46. The average Bonchev–Trinajstić information content (AvgIpc) is 3.95. The summed E-state index contributed by atoms with van der Waals surface area (Å²) in [5.74, 6) is -0.756. The molecule has 6 atom stereocenters. The number of anilines is 1. The third kappa shape index (κ3) is 5.73. The smallest absolute Gasteiger partial charge is 0.320 e. The van der Waals surface area contributed by atoms with E-state index in [1.165, 1.54) is 31.0 Å². The highest BCUT2D eigenvalue weighted by atomic mass is 35.5. The van der Waals surface area contributed by atoms with Crippen molar-refractivity contribution in [2.24, 2.45) is 5.92 Å². The van der Waals surface area contributed by atoms with Gasteiger partial charge >= 0.3 is 6.01 Å². The van der Waals surface area contributed by atoms with Gasteiger partial charge in [0, 0.05) is 42.4 Å². The first-order valence-electron chi connectivity index (χ1n) is 17.5. The number of ether oxygens (including phenoxy) is 2. The van der Waals surface area contributed by atoms with Gasteiger partial charge in [-0.05, 0) is 68.7 Å². The summed E-state index contributed by atoms with van der Waals surface area (Å²) in [7, 11) is 0. The summed E-state index contributed by atoms with van der Waals surface area (Å²) in [5.41, 5.74) is 5.56. The van der Waals surface area contributed by atoms with Crippen LogP contribution in [0.15, 0.2) is 18.2 Å². The number of rotatable bonds is 9. The highest BCUT2D eigenvalue weighted by Gasteiger charge is 2.51. The number of benzene rings is 2. The minimum Gasteiger partial charge on any atom is -0.474 e. The number of carbonyl (C=O) groups is 1. The Bertz CT molecular complexity index is 2140. The number of aromatic nitrogens is 2. The molecule has 9 rings (SSSR count). The van der Waals surface area contributed by atoms with Crippen LogP contribution in [0.3, 0.4) is 0 Å². The zero-order chi connectivity index (χ0) is 35.2. The van der Waals surface area contributed by atoms with Gasteiger partial charge in [0.25, 0.3) is 0 Å². The molecular weight excluding hydrogens is 703 g/mol. The summed E-state index contributed by atoms with van der Waals surface area (Å²) in [6.45, 7) is 1.23. The Labute approximate surface area is 300 Å². The number of halogens is 4. The number of amides is 1. The molecular formula is C36H35ClF3N7O3S. The van der Waals surface area contributed by atoms with E-state index < -0.39 is 23.3 Å². The fraction of sp³-hybridized carbons (Fsp3) is 0.500. The first-order valence-corrected chi connectivity index (χ1v) is 18.7. The van der Waals surface area contributed by atoms with Gasteiger partial charge in [-0.2, -0.15) is 15.2 Å². The number of nitrogens with two attached hydrogens (primary N) is 1. The van der Waals surface area contributed by atoms with Crippen LogP contribution in [-0.4, -0.2) is 76.4 Å². The number of hydrogen-bond donors (Lipinski definition) is 3. The molecule has 1 amide bonds. The lowest BCUT2D eigenvalue weighted by atomic mass is 9.95. The molecule has 2 aromatic heterocycles. The quantitative estimate of drug-likeness (QED) is 0.176. The molecule has 4 N–H and O–H groups in total. The monoisotopic (exact) mass is 737 g/mol. The van der Waals surface area contributed by atoms with Crippen LogP contribution in [0, 0.1) is 28.9 Å². The van der Waals surface area contributed by atoms with Crippen LogP contribution in [0.25, 0.3) is 32.1 Å². The van der Waals surface area contributed by atoms with E-state index in [1.807, 2.05) is 6.07 Å². The van der Waals surface area contributed by atoms with E-state index in [4.69, 9.17) is 26.8 Å². The molecule has 0 radical (unpaired) electrons. The number of fused-ring (bicyclic) bond motifs is 3. The van der Waals surface area contributed by atoms with Crippen LogP contribution in [0.4, 0.5) is 18.2 Å². The Kier molecular flexibility index (Phi) is 7.99. The van der Waals surface area contributed by atoms with Crippen molar-refractivity contribution < 1.29 is 27.4 Å². The average molecular weight is 738 g/mol. The molecule has 2 aromatic carbocycles. The van der Waals surface area contributed by atoms with Crippen molar-refractivity contribution in [3.05, 3.63) is 40.4 Å². The summed E-state index contributed by atoms with van der Waals surface area (Å²) < 4.78 is 59.1. The van der Waals surface area contributed by atoms with Crippen molar-refractivity contribution >= 4 is 54.8 Å². The molecule has 51 heavy (non-hydrogen) atoms. The molecule has 266 valence electrons. The topological polar surface area (TPSA) is 148 Å². The molecule has 0 unspecified atom stereocenters. The van der Waals surface area contributed by atoms with Crippen LogP contribution >= 0.6 is 22.9 Å². The van der Waals surface area contributed by atoms with Gasteiger partial charge in [-0.3, -0.25) is 15.0 Å². The molecule has 4 aromatic rings. The van der Waals surface area contributed by atoms with Crippen LogP contribution in [0.2, 0.25) is 5.02 Å². The maximum atomic E-state index is 16.9. The second-order valence-electron chi connectivity index (χ2n) is 14.6. The summed E-state index contributed by atoms with van der Waals surface area (Å²) in [5, 5.41) is 16.8. The first kappa shape index (κ1) is 33.0. The number of nitrogens with one attached hydrogen (secondary N) is 2. The summed E-state index contributed by atoms with van der Waals surface area (Å²) >= 11 is 7.71. The first-order chi connectivity index (χ1) is 24.6. The van der Waals surface area contributed by atoms with Gasteiger partial charge in [-0.1, -0.05) is 17.7 Å². The molecule has 10 nitrogen and oxygen atoms in total. The molecule has 2 aliphatic carbocycles. The van der Waals surface area contributed by atoms with Crippen LogP contribution < -0.4 is 25.8 Å². The number of hydrogen-bond acceptors (Lipinski definition) is 10. The maximum Gasteiger partial charge on any atom is 0.320 e. The lowest BCUT2D eigenvalue weighted by Crippen LogP contribution is -2.43. The summed E-state index contributed by atoms with van der Waals surface area (Å²) in [6.07, 6.45) is 4.90. The van der Waals surface area contributed by atoms with E-state index >= 15 is 4.39 Å². The molecule has 5 fully saturated rings. The Hall–Kier alpha value is -3.90. The normalized spacial score (nSPS) is 28.6. The summed E-state index contributed by atoms with van der Waals surface area (Å²) in [4.78, 5) is 24.0. The molecule has 3 aliphatic heterocycles. The van der Waals surface area contributed by atoms with Crippen molar-refractivity contribution in [2.45, 2.75) is 87.3 Å². The third-order valence-corrected chi connectivity index (χ3v) is 12.6. The fourth-order valence-corrected chi connectivity index (χ4v) is 9.83. The van der Waals surface area contributed by atoms with Gasteiger partial charge in [-0.15, -0.1) is 11.3 Å². The zero-order valence-electron chi connectivity index (χ0n) is 27.5. The van der Waals surface area contributed by atoms with Crippen molar-refractivity contribution in [1.82, 2.24) is 25.5 Å². The molecule has 5 aliphatic rings. The second kappa shape index (κ2) is 12.4. The van der Waals surface area contributed by atoms with Crippen LogP contribution in [-0.2, 0) is 4.79 Å². The number of nitriles is 1. The Morgan fingerprint density at radius 1 is 1.25 bits per heavy atom. The minimum atomic E-state index is -0.962. The van der Waals surface area contributed by atoms with E-state index in [0.29, 0.717) is 38.1 Å². The number of carbonyl (C=O) groups excluding carboxylic acids is 1. The molecule has 0 spiro atoms. The SMILES string of the molecule is N#Cc1c(N)sc2c(F)ccc(-c3c(Cl)cc4c(O[C@H]5CC[C@H](NC(=O)[C@@H]6N[C@H]6C6CC6)C5)nc(OC[C@@]56CCCN5C[C@H](F)C6)nc4c3F)c12. The van der Waals surface area contributed by atoms with Crippen molar-refractivity contribution in [3.8, 4) is 29.1 Å². The van der Waals surface area contributed by atoms with Gasteiger partial charge in [0.1, 0.15) is 47.3 Å². The van der Waals surface area contributed by atoms with Crippen molar-refractivity contribution in [3.63, 3.8) is 0 Å². The predicted molar refractivity (Wildman–Crippen MR) is 187 cm³/mol. The highest BCUT2D eigenvalue weighted by molar-refractivity contribution is 7.23. The van der Waals surface area contributed by atoms with E-state index in [2.05, 4.69) is 25.5 Å². The van der Waals surface area contributed by atoms with Crippen LogP contribution in [0.1, 0.15) is 56.9 Å². The standard InChI is InChI=1S/C36H35ClF3N7O3S/c37-23-11-21-29(27(40)26(23)20-6-7-24(39)31-25(20)22(13-41)32(42)51-31)45-35(49-15-36-8-1-9-47(36)14-17(38)12-36)46-34(21)50-19-5-4-18(10-19)43-33(48)30-28(44-30)16-2-3-16/h6-7,11,16-19,28,30,44H,1-5,8-10,12,14-15,42H2,(H,43,48)/t17-,18+,19+,28+,30-,36+/m1/s1. The minimum absolute atomic E-state index is 0.00621. The van der Waals surface area contributed by atoms with Crippen molar-refractivity contribution in [2.75, 3.05) is 25.4 Å². The fourth-order valence-electron chi connectivity index (χ4n) is 8.59. The Morgan fingerprint density at radius 3 is 2.90 bits per heavy atom. The number of alkyl halides is 1. The van der Waals surface area contributed by atoms with E-state index in [1.54, 1.807) is 0 Å².